The summed E-state index contributed by atoms with van der Waals surface area (Å²) in [5.74, 6) is -0.198. The fourth-order valence-corrected chi connectivity index (χ4v) is 2.70. The van der Waals surface area contributed by atoms with Crippen LogP contribution in [0.25, 0.3) is 0 Å². The van der Waals surface area contributed by atoms with Crippen LogP contribution in [0.5, 0.6) is 0 Å². The Labute approximate surface area is 120 Å². The van der Waals surface area contributed by atoms with Gasteiger partial charge in [-0.15, -0.1) is 0 Å². The molecule has 1 amide bonds. The number of likely N-dealkylation sites (N-methyl/N-ethyl adjacent to an activating group) is 1. The number of carbonyl (C=O) groups is 1. The summed E-state index contributed by atoms with van der Waals surface area (Å²) in [4.78, 5) is 14.2. The van der Waals surface area contributed by atoms with Crippen molar-refractivity contribution in [3.05, 3.63) is 35.6 Å². The van der Waals surface area contributed by atoms with Gasteiger partial charge < -0.3 is 10.2 Å². The number of nitrogens with one attached hydrogen (secondary N) is 1. The summed E-state index contributed by atoms with van der Waals surface area (Å²) in [6.07, 6.45) is 4.23. The molecule has 0 radical (unpaired) electrons. The molecule has 1 aromatic rings. The summed E-state index contributed by atoms with van der Waals surface area (Å²) < 4.78 is 13.8. The number of amides is 1. The van der Waals surface area contributed by atoms with Crippen molar-refractivity contribution in [1.29, 1.82) is 0 Å². The zero-order valence-corrected chi connectivity index (χ0v) is 12.2. The number of rotatable bonds is 3. The van der Waals surface area contributed by atoms with Crippen molar-refractivity contribution in [2.24, 2.45) is 0 Å². The lowest BCUT2D eigenvalue weighted by molar-refractivity contribution is -0.134. The van der Waals surface area contributed by atoms with Crippen molar-refractivity contribution < 1.29 is 9.18 Å². The SMILES string of the molecule is CC(c1ccccc1F)N(C)C(=O)C1CCCCCN1. The quantitative estimate of drug-likeness (QED) is 0.922. The molecule has 1 saturated heterocycles. The van der Waals surface area contributed by atoms with Crippen molar-refractivity contribution in [2.75, 3.05) is 13.6 Å². The number of nitrogens with zero attached hydrogens (tertiary/aromatic N) is 1. The smallest absolute Gasteiger partial charge is 0.239 e. The second-order valence-corrected chi connectivity index (χ2v) is 5.50. The van der Waals surface area contributed by atoms with Crippen LogP contribution in [0.2, 0.25) is 0 Å². The highest BCUT2D eigenvalue weighted by molar-refractivity contribution is 5.82. The van der Waals surface area contributed by atoms with Gasteiger partial charge in [-0.2, -0.15) is 0 Å². The minimum atomic E-state index is -0.256. The van der Waals surface area contributed by atoms with E-state index in [-0.39, 0.29) is 23.8 Å². The molecular formula is C16H23FN2O. The molecule has 20 heavy (non-hydrogen) atoms. The second-order valence-electron chi connectivity index (χ2n) is 5.50. The van der Waals surface area contributed by atoms with Crippen LogP contribution in [0.15, 0.2) is 24.3 Å². The fraction of sp³-hybridized carbons (Fsp3) is 0.562. The molecule has 1 aliphatic rings. The maximum Gasteiger partial charge on any atom is 0.239 e. The third-order valence-electron chi connectivity index (χ3n) is 4.14. The topological polar surface area (TPSA) is 32.3 Å². The van der Waals surface area contributed by atoms with Gasteiger partial charge in [0.2, 0.25) is 5.91 Å². The molecule has 0 aliphatic carbocycles. The summed E-state index contributed by atoms with van der Waals surface area (Å²) in [7, 11) is 1.76. The Morgan fingerprint density at radius 2 is 2.10 bits per heavy atom. The van der Waals surface area contributed by atoms with E-state index in [2.05, 4.69) is 5.32 Å². The third kappa shape index (κ3) is 3.37. The van der Waals surface area contributed by atoms with Gasteiger partial charge in [0.1, 0.15) is 5.82 Å². The number of benzene rings is 1. The molecule has 0 spiro atoms. The Balaban J connectivity index is 2.07. The third-order valence-corrected chi connectivity index (χ3v) is 4.14. The van der Waals surface area contributed by atoms with Crippen LogP contribution in [0, 0.1) is 5.82 Å². The fourth-order valence-electron chi connectivity index (χ4n) is 2.70. The Morgan fingerprint density at radius 3 is 2.85 bits per heavy atom. The molecular weight excluding hydrogens is 255 g/mol. The average molecular weight is 278 g/mol. The van der Waals surface area contributed by atoms with Crippen LogP contribution in [0.4, 0.5) is 4.39 Å². The largest absolute Gasteiger partial charge is 0.338 e. The van der Waals surface area contributed by atoms with Crippen LogP contribution in [-0.4, -0.2) is 30.4 Å². The Hall–Kier alpha value is -1.42. The van der Waals surface area contributed by atoms with E-state index in [1.165, 1.54) is 12.5 Å². The summed E-state index contributed by atoms with van der Waals surface area (Å²) >= 11 is 0. The summed E-state index contributed by atoms with van der Waals surface area (Å²) in [6, 6.07) is 6.26. The van der Waals surface area contributed by atoms with Gasteiger partial charge in [0.25, 0.3) is 0 Å². The van der Waals surface area contributed by atoms with E-state index < -0.39 is 0 Å². The number of halogens is 1. The highest BCUT2D eigenvalue weighted by Gasteiger charge is 2.27. The van der Waals surface area contributed by atoms with Gasteiger partial charge in [-0.25, -0.2) is 4.39 Å². The molecule has 1 aromatic carbocycles. The van der Waals surface area contributed by atoms with Crippen molar-refractivity contribution in [1.82, 2.24) is 10.2 Å². The van der Waals surface area contributed by atoms with Crippen LogP contribution >= 0.6 is 0 Å². The lowest BCUT2D eigenvalue weighted by atomic mass is 10.0. The lowest BCUT2D eigenvalue weighted by Crippen LogP contribution is -2.45. The molecule has 2 rings (SSSR count). The molecule has 0 saturated carbocycles. The minimum absolute atomic E-state index is 0.0580. The summed E-state index contributed by atoms with van der Waals surface area (Å²) in [6.45, 7) is 2.76. The maximum atomic E-state index is 13.8. The molecule has 1 fully saturated rings. The van der Waals surface area contributed by atoms with Crippen molar-refractivity contribution in [3.8, 4) is 0 Å². The molecule has 110 valence electrons. The number of hydrogen-bond acceptors (Lipinski definition) is 2. The van der Waals surface area contributed by atoms with Gasteiger partial charge >= 0.3 is 0 Å². The summed E-state index contributed by atoms with van der Waals surface area (Å²) in [5.41, 5.74) is 0.567. The van der Waals surface area contributed by atoms with E-state index in [4.69, 9.17) is 0 Å². The molecule has 2 atom stereocenters. The zero-order chi connectivity index (χ0) is 14.5. The second kappa shape index (κ2) is 6.84. The van der Waals surface area contributed by atoms with Gasteiger partial charge in [0, 0.05) is 12.6 Å². The normalized spacial score (nSPS) is 21.1. The first-order chi connectivity index (χ1) is 9.61. The molecule has 1 heterocycles. The van der Waals surface area contributed by atoms with Crippen LogP contribution in [0.3, 0.4) is 0 Å². The predicted molar refractivity (Wildman–Crippen MR) is 77.8 cm³/mol. The van der Waals surface area contributed by atoms with Gasteiger partial charge in [0.15, 0.2) is 0 Å². The first-order valence-electron chi connectivity index (χ1n) is 7.35. The Morgan fingerprint density at radius 1 is 1.35 bits per heavy atom. The first kappa shape index (κ1) is 15.0. The van der Waals surface area contributed by atoms with Crippen molar-refractivity contribution in [3.63, 3.8) is 0 Å². The van der Waals surface area contributed by atoms with Crippen molar-refractivity contribution in [2.45, 2.75) is 44.7 Å². The van der Waals surface area contributed by atoms with Gasteiger partial charge in [-0.1, -0.05) is 31.0 Å². The number of hydrogen-bond donors (Lipinski definition) is 1. The van der Waals surface area contributed by atoms with E-state index >= 15 is 0 Å². The molecule has 1 N–H and O–H groups in total. The zero-order valence-electron chi connectivity index (χ0n) is 12.2. The molecule has 0 aromatic heterocycles. The molecule has 1 aliphatic heterocycles. The van der Waals surface area contributed by atoms with Crippen LogP contribution in [-0.2, 0) is 4.79 Å². The van der Waals surface area contributed by atoms with E-state index in [9.17, 15) is 9.18 Å². The molecule has 0 bridgehead atoms. The number of carbonyl (C=O) groups excluding carboxylic acids is 1. The molecule has 4 heteroatoms. The summed E-state index contributed by atoms with van der Waals surface area (Å²) in [5, 5.41) is 3.30. The predicted octanol–water partition coefficient (Wildman–Crippen LogP) is 2.88. The van der Waals surface area contributed by atoms with E-state index in [0.29, 0.717) is 5.56 Å². The van der Waals surface area contributed by atoms with Crippen LogP contribution < -0.4 is 5.32 Å². The van der Waals surface area contributed by atoms with Gasteiger partial charge in [-0.3, -0.25) is 4.79 Å². The van der Waals surface area contributed by atoms with Crippen molar-refractivity contribution >= 4 is 5.91 Å². The maximum absolute atomic E-state index is 13.8. The molecule has 3 nitrogen and oxygen atoms in total. The Kier molecular flexibility index (Phi) is 5.12. The van der Waals surface area contributed by atoms with Gasteiger partial charge in [-0.05, 0) is 32.4 Å². The van der Waals surface area contributed by atoms with E-state index in [1.807, 2.05) is 6.92 Å². The highest BCUT2D eigenvalue weighted by atomic mass is 19.1. The highest BCUT2D eigenvalue weighted by Crippen LogP contribution is 2.23. The Bertz CT molecular complexity index is 456. The van der Waals surface area contributed by atoms with Gasteiger partial charge in [0.05, 0.1) is 12.1 Å². The van der Waals surface area contributed by atoms with Crippen LogP contribution in [0.1, 0.15) is 44.2 Å². The standard InChI is InChI=1S/C16H23FN2O/c1-12(13-8-5-6-9-14(13)17)19(2)16(20)15-10-4-3-7-11-18-15/h5-6,8-9,12,15,18H,3-4,7,10-11H2,1-2H3. The van der Waals surface area contributed by atoms with E-state index in [0.717, 1.165) is 25.8 Å². The minimum Gasteiger partial charge on any atom is -0.338 e. The lowest BCUT2D eigenvalue weighted by Gasteiger charge is -2.29. The monoisotopic (exact) mass is 278 g/mol. The first-order valence-corrected chi connectivity index (χ1v) is 7.35. The molecule has 2 unspecified atom stereocenters. The van der Waals surface area contributed by atoms with E-state index in [1.54, 1.807) is 30.1 Å². The average Bonchev–Trinajstić information content (AvgIpc) is 2.74.